The van der Waals surface area contributed by atoms with Gasteiger partial charge in [-0.2, -0.15) is 0 Å². The molecular formula is C23H20N4O2. The number of benzene rings is 2. The van der Waals surface area contributed by atoms with Crippen LogP contribution in [0.1, 0.15) is 18.5 Å². The van der Waals surface area contributed by atoms with Crippen LogP contribution >= 0.6 is 0 Å². The van der Waals surface area contributed by atoms with Gasteiger partial charge in [0.2, 0.25) is 0 Å². The molecule has 6 nitrogen and oxygen atoms in total. The van der Waals surface area contributed by atoms with Crippen LogP contribution in [0.25, 0.3) is 22.3 Å². The summed E-state index contributed by atoms with van der Waals surface area (Å²) in [5.74, 6) is 3.01. The lowest BCUT2D eigenvalue weighted by Gasteiger charge is -2.22. The van der Waals surface area contributed by atoms with Crippen LogP contribution in [0.3, 0.4) is 0 Å². The number of fused-ring (bicyclic) bond motifs is 2. The Morgan fingerprint density at radius 1 is 0.931 bits per heavy atom. The van der Waals surface area contributed by atoms with Crippen LogP contribution in [-0.2, 0) is 0 Å². The molecule has 0 saturated carbocycles. The minimum absolute atomic E-state index is 0.0193. The van der Waals surface area contributed by atoms with Crippen LogP contribution < -0.4 is 14.8 Å². The predicted molar refractivity (Wildman–Crippen MR) is 112 cm³/mol. The van der Waals surface area contributed by atoms with Gasteiger partial charge in [-0.3, -0.25) is 4.98 Å². The number of aromatic nitrogens is 3. The number of nitrogens with zero attached hydrogens (tertiary/aromatic N) is 3. The van der Waals surface area contributed by atoms with Gasteiger partial charge in [0.25, 0.3) is 0 Å². The largest absolute Gasteiger partial charge is 0.486 e. The maximum Gasteiger partial charge on any atom is 0.163 e. The van der Waals surface area contributed by atoms with Gasteiger partial charge in [0.15, 0.2) is 17.3 Å². The highest BCUT2D eigenvalue weighted by Gasteiger charge is 2.16. The molecule has 0 aliphatic carbocycles. The van der Waals surface area contributed by atoms with Gasteiger partial charge in [-0.05, 0) is 48.9 Å². The van der Waals surface area contributed by atoms with Crippen molar-refractivity contribution in [3.63, 3.8) is 0 Å². The number of ether oxygens (including phenoxy) is 2. The summed E-state index contributed by atoms with van der Waals surface area (Å²) in [6, 6.07) is 17.9. The van der Waals surface area contributed by atoms with Crippen molar-refractivity contribution in [3.8, 4) is 22.9 Å². The van der Waals surface area contributed by atoms with E-state index < -0.39 is 0 Å². The number of pyridine rings is 1. The summed E-state index contributed by atoms with van der Waals surface area (Å²) in [4.78, 5) is 13.7. The first kappa shape index (κ1) is 17.4. The van der Waals surface area contributed by atoms with Gasteiger partial charge in [0.1, 0.15) is 19.0 Å². The Labute approximate surface area is 168 Å². The Kier molecular flexibility index (Phi) is 4.44. The van der Waals surface area contributed by atoms with Crippen molar-refractivity contribution in [3.05, 3.63) is 72.6 Å². The number of anilines is 1. The molecule has 144 valence electrons. The Hall–Kier alpha value is -3.67. The molecule has 0 amide bonds. The highest BCUT2D eigenvalue weighted by Crippen LogP contribution is 2.34. The zero-order valence-corrected chi connectivity index (χ0v) is 16.0. The van der Waals surface area contributed by atoms with Crippen molar-refractivity contribution < 1.29 is 9.47 Å². The second kappa shape index (κ2) is 7.39. The van der Waals surface area contributed by atoms with E-state index in [0.717, 1.165) is 39.3 Å². The van der Waals surface area contributed by atoms with Crippen molar-refractivity contribution in [2.75, 3.05) is 18.5 Å². The van der Waals surface area contributed by atoms with E-state index >= 15 is 0 Å². The average Bonchev–Trinajstić information content (AvgIpc) is 2.79. The van der Waals surface area contributed by atoms with Crippen LogP contribution in [0.2, 0.25) is 0 Å². The average molecular weight is 384 g/mol. The maximum absolute atomic E-state index is 5.73. The lowest BCUT2D eigenvalue weighted by Crippen LogP contribution is -2.16. The molecule has 1 atom stereocenters. The van der Waals surface area contributed by atoms with E-state index in [4.69, 9.17) is 19.4 Å². The summed E-state index contributed by atoms with van der Waals surface area (Å²) < 4.78 is 11.4. The fourth-order valence-corrected chi connectivity index (χ4v) is 3.43. The zero-order valence-electron chi connectivity index (χ0n) is 16.0. The Balaban J connectivity index is 1.52. The van der Waals surface area contributed by atoms with Crippen molar-refractivity contribution in [1.82, 2.24) is 15.0 Å². The fourth-order valence-electron chi connectivity index (χ4n) is 3.43. The smallest absolute Gasteiger partial charge is 0.163 e. The molecule has 0 fully saturated rings. The van der Waals surface area contributed by atoms with Gasteiger partial charge in [-0.15, -0.1) is 0 Å². The minimum Gasteiger partial charge on any atom is -0.486 e. The summed E-state index contributed by atoms with van der Waals surface area (Å²) >= 11 is 0. The molecule has 0 radical (unpaired) electrons. The number of hydrogen-bond acceptors (Lipinski definition) is 6. The summed E-state index contributed by atoms with van der Waals surface area (Å²) in [5.41, 5.74) is 2.87. The van der Waals surface area contributed by atoms with Crippen LogP contribution in [0.15, 0.2) is 67.0 Å². The first-order chi connectivity index (χ1) is 14.3. The number of para-hydroxylation sites is 1. The van der Waals surface area contributed by atoms with E-state index in [9.17, 15) is 0 Å². The van der Waals surface area contributed by atoms with E-state index in [1.54, 1.807) is 12.4 Å². The monoisotopic (exact) mass is 384 g/mol. The van der Waals surface area contributed by atoms with Gasteiger partial charge >= 0.3 is 0 Å². The number of hydrogen-bond donors (Lipinski definition) is 1. The summed E-state index contributed by atoms with van der Waals surface area (Å²) in [5, 5.41) is 4.53. The zero-order chi connectivity index (χ0) is 19.6. The van der Waals surface area contributed by atoms with Crippen LogP contribution in [0.5, 0.6) is 11.5 Å². The molecule has 5 rings (SSSR count). The normalized spacial score (nSPS) is 13.8. The predicted octanol–water partition coefficient (Wildman–Crippen LogP) is 4.64. The van der Waals surface area contributed by atoms with E-state index in [-0.39, 0.29) is 6.04 Å². The highest BCUT2D eigenvalue weighted by molar-refractivity contribution is 5.90. The topological polar surface area (TPSA) is 69.2 Å². The quantitative estimate of drug-likeness (QED) is 0.553. The van der Waals surface area contributed by atoms with E-state index in [1.807, 2.05) is 48.5 Å². The van der Waals surface area contributed by atoms with Gasteiger partial charge in [0.05, 0.1) is 11.6 Å². The molecule has 2 aromatic carbocycles. The fraction of sp³-hybridized carbons (Fsp3) is 0.174. The van der Waals surface area contributed by atoms with Crippen LogP contribution in [-0.4, -0.2) is 28.2 Å². The molecule has 0 spiro atoms. The van der Waals surface area contributed by atoms with Crippen LogP contribution in [0, 0.1) is 0 Å². The molecule has 1 aliphatic rings. The molecule has 0 unspecified atom stereocenters. The molecule has 0 bridgehead atoms. The third-order valence-electron chi connectivity index (χ3n) is 4.94. The Morgan fingerprint density at radius 2 is 1.79 bits per heavy atom. The van der Waals surface area contributed by atoms with Crippen molar-refractivity contribution >= 4 is 16.7 Å². The second-order valence-electron chi connectivity index (χ2n) is 6.92. The maximum atomic E-state index is 5.73. The molecule has 1 aliphatic heterocycles. The van der Waals surface area contributed by atoms with Gasteiger partial charge in [-0.25, -0.2) is 9.97 Å². The molecule has 0 saturated heterocycles. The molecular weight excluding hydrogens is 364 g/mol. The van der Waals surface area contributed by atoms with Gasteiger partial charge < -0.3 is 14.8 Å². The molecule has 1 N–H and O–H groups in total. The first-order valence-electron chi connectivity index (χ1n) is 9.61. The van der Waals surface area contributed by atoms with Crippen molar-refractivity contribution in [1.29, 1.82) is 0 Å². The minimum atomic E-state index is 0.0193. The van der Waals surface area contributed by atoms with Crippen molar-refractivity contribution in [2.45, 2.75) is 13.0 Å². The lowest BCUT2D eigenvalue weighted by molar-refractivity contribution is 0.171. The van der Waals surface area contributed by atoms with Crippen molar-refractivity contribution in [2.24, 2.45) is 0 Å². The summed E-state index contributed by atoms with van der Waals surface area (Å²) in [7, 11) is 0. The second-order valence-corrected chi connectivity index (χ2v) is 6.92. The molecule has 3 heterocycles. The third kappa shape index (κ3) is 3.45. The summed E-state index contributed by atoms with van der Waals surface area (Å²) in [6.07, 6.45) is 3.52. The summed E-state index contributed by atoms with van der Waals surface area (Å²) in [6.45, 7) is 3.26. The highest BCUT2D eigenvalue weighted by atomic mass is 16.6. The number of nitrogens with one attached hydrogen (secondary N) is 1. The lowest BCUT2D eigenvalue weighted by atomic mass is 10.1. The van der Waals surface area contributed by atoms with Gasteiger partial charge in [0, 0.05) is 23.3 Å². The standard InChI is InChI=1S/C23H20N4O2/c1-15(16-8-9-20-21(13-16)29-12-11-28-20)25-23-18-6-2-3-7-19(18)26-22(27-23)17-5-4-10-24-14-17/h2-10,13-15H,11-12H2,1H3,(H,25,26,27)/t15-/m1/s1. The molecule has 2 aromatic heterocycles. The number of rotatable bonds is 4. The first-order valence-corrected chi connectivity index (χ1v) is 9.61. The molecule has 29 heavy (non-hydrogen) atoms. The third-order valence-corrected chi connectivity index (χ3v) is 4.94. The molecule has 6 heteroatoms. The van der Waals surface area contributed by atoms with E-state index in [0.29, 0.717) is 19.0 Å². The van der Waals surface area contributed by atoms with E-state index in [1.165, 1.54) is 0 Å². The van der Waals surface area contributed by atoms with Gasteiger partial charge in [-0.1, -0.05) is 18.2 Å². The molecule has 4 aromatic rings. The van der Waals surface area contributed by atoms with Crippen LogP contribution in [0.4, 0.5) is 5.82 Å². The Bertz CT molecular complexity index is 1160. The Morgan fingerprint density at radius 3 is 2.66 bits per heavy atom. The van der Waals surface area contributed by atoms with E-state index in [2.05, 4.69) is 23.3 Å². The SMILES string of the molecule is C[C@@H](Nc1nc(-c2cccnc2)nc2ccccc12)c1ccc2c(c1)OCCO2.